The Kier molecular flexibility index (Phi) is 3.11. The molecule has 1 saturated heterocycles. The van der Waals surface area contributed by atoms with Crippen molar-refractivity contribution in [3.05, 3.63) is 0 Å². The molecule has 1 aliphatic rings. The van der Waals surface area contributed by atoms with E-state index in [2.05, 4.69) is 33.0 Å². The van der Waals surface area contributed by atoms with Gasteiger partial charge in [0.1, 0.15) is 6.10 Å². The van der Waals surface area contributed by atoms with Crippen LogP contribution in [0.3, 0.4) is 0 Å². The van der Waals surface area contributed by atoms with Crippen LogP contribution in [-0.2, 0) is 9.09 Å². The zero-order valence-corrected chi connectivity index (χ0v) is 9.81. The number of piperidine rings is 1. The summed E-state index contributed by atoms with van der Waals surface area (Å²) in [4.78, 5) is 0. The summed E-state index contributed by atoms with van der Waals surface area (Å²) in [5.74, 6) is 0. The number of nitrogens with one attached hydrogen (secondary N) is 1. The van der Waals surface area contributed by atoms with E-state index >= 15 is 0 Å². The third-order valence-corrected chi connectivity index (χ3v) is 2.80. The molecule has 0 aromatic heterocycles. The zero-order chi connectivity index (χ0) is 10.1. The molecule has 13 heavy (non-hydrogen) atoms. The molecule has 1 fully saturated rings. The minimum absolute atomic E-state index is 0.0755. The van der Waals surface area contributed by atoms with Crippen LogP contribution in [0.15, 0.2) is 0 Å². The number of rotatable bonds is 2. The topological polar surface area (TPSA) is 38.3 Å². The first-order chi connectivity index (χ1) is 5.85. The molecule has 0 amide bonds. The largest absolute Gasteiger partial charge is 0.494 e. The summed E-state index contributed by atoms with van der Waals surface area (Å²) < 4.78 is 15.6. The minimum atomic E-state index is -0.637. The average Bonchev–Trinajstić information content (AvgIpc) is 1.78. The van der Waals surface area contributed by atoms with Crippen molar-refractivity contribution in [2.75, 3.05) is 0 Å². The van der Waals surface area contributed by atoms with E-state index in [4.69, 9.17) is 4.52 Å². The van der Waals surface area contributed by atoms with Gasteiger partial charge in [-0.2, -0.15) is 0 Å². The van der Waals surface area contributed by atoms with E-state index in [0.29, 0.717) is 0 Å². The van der Waals surface area contributed by atoms with Crippen LogP contribution >= 0.6 is 8.69 Å². The van der Waals surface area contributed by atoms with Gasteiger partial charge in [-0.15, -0.1) is 4.52 Å². The van der Waals surface area contributed by atoms with Gasteiger partial charge >= 0.3 is 8.69 Å². The third kappa shape index (κ3) is 3.34. The van der Waals surface area contributed by atoms with Gasteiger partial charge in [0.05, 0.1) is 0 Å². The molecule has 0 radical (unpaired) electrons. The Morgan fingerprint density at radius 2 is 1.69 bits per heavy atom. The molecule has 1 heterocycles. The van der Waals surface area contributed by atoms with E-state index in [-0.39, 0.29) is 17.2 Å². The van der Waals surface area contributed by atoms with Crippen molar-refractivity contribution in [2.45, 2.75) is 57.7 Å². The standard InChI is InChI=1S/C9H19NO2P/c1-8(2)5-7(12-13-11)6-9(3,4)10-8/h7,10,13H,5-6H2,1-4H3/q+1. The van der Waals surface area contributed by atoms with E-state index in [1.807, 2.05) is 0 Å². The normalized spacial score (nSPS) is 27.7. The Hall–Kier alpha value is 0.0200. The summed E-state index contributed by atoms with van der Waals surface area (Å²) in [6, 6.07) is 0. The molecule has 0 saturated carbocycles. The van der Waals surface area contributed by atoms with Gasteiger partial charge < -0.3 is 5.32 Å². The highest BCUT2D eigenvalue weighted by Gasteiger charge is 2.39. The van der Waals surface area contributed by atoms with Crippen LogP contribution < -0.4 is 5.32 Å². The van der Waals surface area contributed by atoms with Crippen molar-refractivity contribution in [3.63, 3.8) is 0 Å². The summed E-state index contributed by atoms with van der Waals surface area (Å²) in [6.07, 6.45) is 1.97. The van der Waals surface area contributed by atoms with E-state index in [0.717, 1.165) is 12.8 Å². The van der Waals surface area contributed by atoms with Crippen molar-refractivity contribution in [1.82, 2.24) is 5.32 Å². The van der Waals surface area contributed by atoms with Crippen LogP contribution in [0.1, 0.15) is 40.5 Å². The maximum absolute atomic E-state index is 10.4. The molecule has 76 valence electrons. The highest BCUT2D eigenvalue weighted by molar-refractivity contribution is 7.17. The fourth-order valence-electron chi connectivity index (χ4n) is 2.38. The lowest BCUT2D eigenvalue weighted by Crippen LogP contribution is -2.59. The lowest BCUT2D eigenvalue weighted by atomic mass is 9.81. The number of hydrogen-bond donors (Lipinski definition) is 1. The Morgan fingerprint density at radius 1 is 1.23 bits per heavy atom. The fraction of sp³-hybridized carbons (Fsp3) is 1.00. The molecule has 3 nitrogen and oxygen atoms in total. The molecule has 0 bridgehead atoms. The highest BCUT2D eigenvalue weighted by Crippen LogP contribution is 2.31. The Morgan fingerprint density at radius 3 is 2.08 bits per heavy atom. The second-order valence-electron chi connectivity index (χ2n) is 5.12. The third-order valence-electron chi connectivity index (χ3n) is 2.37. The van der Waals surface area contributed by atoms with Gasteiger partial charge in [0.2, 0.25) is 0 Å². The average molecular weight is 204 g/mol. The minimum Gasteiger partial charge on any atom is -0.307 e. The Balaban J connectivity index is 2.66. The summed E-state index contributed by atoms with van der Waals surface area (Å²) in [6.45, 7) is 8.60. The van der Waals surface area contributed by atoms with Crippen LogP contribution in [-0.4, -0.2) is 17.2 Å². The van der Waals surface area contributed by atoms with E-state index in [9.17, 15) is 4.57 Å². The van der Waals surface area contributed by atoms with Crippen LogP contribution in [0, 0.1) is 0 Å². The van der Waals surface area contributed by atoms with E-state index < -0.39 is 8.69 Å². The second-order valence-corrected chi connectivity index (χ2v) is 5.53. The fourth-order valence-corrected chi connectivity index (χ4v) is 2.68. The Bertz CT molecular complexity index is 188. The molecule has 1 N–H and O–H groups in total. The maximum atomic E-state index is 10.4. The van der Waals surface area contributed by atoms with E-state index in [1.54, 1.807) is 0 Å². The van der Waals surface area contributed by atoms with Crippen molar-refractivity contribution < 1.29 is 9.09 Å². The molecule has 1 atom stereocenters. The molecule has 1 unspecified atom stereocenters. The predicted molar refractivity (Wildman–Crippen MR) is 54.4 cm³/mol. The molecule has 0 aromatic rings. The van der Waals surface area contributed by atoms with Crippen molar-refractivity contribution in [1.29, 1.82) is 0 Å². The summed E-state index contributed by atoms with van der Waals surface area (Å²) >= 11 is 0. The van der Waals surface area contributed by atoms with Crippen LogP contribution in [0.5, 0.6) is 0 Å². The smallest absolute Gasteiger partial charge is 0.307 e. The van der Waals surface area contributed by atoms with Crippen LogP contribution in [0.2, 0.25) is 0 Å². The van der Waals surface area contributed by atoms with E-state index in [1.165, 1.54) is 0 Å². The van der Waals surface area contributed by atoms with Crippen LogP contribution in [0.4, 0.5) is 0 Å². The van der Waals surface area contributed by atoms with Gasteiger partial charge in [-0.3, -0.25) is 0 Å². The summed E-state index contributed by atoms with van der Waals surface area (Å²) in [7, 11) is -0.637. The molecule has 1 aliphatic heterocycles. The number of hydrogen-bond acceptors (Lipinski definition) is 3. The summed E-state index contributed by atoms with van der Waals surface area (Å²) in [5, 5.41) is 3.54. The van der Waals surface area contributed by atoms with Gasteiger partial charge in [-0.05, 0) is 45.1 Å². The van der Waals surface area contributed by atoms with Gasteiger partial charge in [0, 0.05) is 11.1 Å². The molecule has 0 aromatic carbocycles. The first-order valence-corrected chi connectivity index (χ1v) is 5.48. The Labute approximate surface area is 81.5 Å². The van der Waals surface area contributed by atoms with Gasteiger partial charge in [0.15, 0.2) is 0 Å². The SMILES string of the molecule is CC1(C)CC(O[PH+]=O)CC(C)(C)N1. The second kappa shape index (κ2) is 3.64. The van der Waals surface area contributed by atoms with Gasteiger partial charge in [0.25, 0.3) is 0 Å². The van der Waals surface area contributed by atoms with Crippen molar-refractivity contribution in [2.24, 2.45) is 0 Å². The quantitative estimate of drug-likeness (QED) is 0.701. The molecule has 1 rings (SSSR count). The maximum Gasteiger partial charge on any atom is 0.494 e. The molecule has 0 spiro atoms. The zero-order valence-electron chi connectivity index (χ0n) is 8.81. The highest BCUT2D eigenvalue weighted by atomic mass is 31.1. The summed E-state index contributed by atoms with van der Waals surface area (Å²) in [5.41, 5.74) is 0.151. The molecular weight excluding hydrogens is 185 g/mol. The van der Waals surface area contributed by atoms with Gasteiger partial charge in [-0.1, -0.05) is 0 Å². The molecule has 0 aliphatic carbocycles. The van der Waals surface area contributed by atoms with Crippen LogP contribution in [0.25, 0.3) is 0 Å². The predicted octanol–water partition coefficient (Wildman–Crippen LogP) is 2.25. The molecular formula is C9H19NO2P+. The monoisotopic (exact) mass is 204 g/mol. The first-order valence-electron chi connectivity index (χ1n) is 4.67. The lowest BCUT2D eigenvalue weighted by molar-refractivity contribution is 0.0644. The lowest BCUT2D eigenvalue weighted by Gasteiger charge is -2.44. The van der Waals surface area contributed by atoms with Crippen molar-refractivity contribution >= 4 is 8.69 Å². The van der Waals surface area contributed by atoms with Gasteiger partial charge in [-0.25, -0.2) is 0 Å². The van der Waals surface area contributed by atoms with Crippen molar-refractivity contribution in [3.8, 4) is 0 Å². The first kappa shape index (κ1) is 11.1. The molecule has 4 heteroatoms.